The summed E-state index contributed by atoms with van der Waals surface area (Å²) in [7, 11) is 0. The number of hydrogen-bond acceptors (Lipinski definition) is 1. The van der Waals surface area contributed by atoms with Crippen LogP contribution in [0, 0.1) is 6.92 Å². The second-order valence-electron chi connectivity index (χ2n) is 5.42. The van der Waals surface area contributed by atoms with Crippen molar-refractivity contribution in [2.75, 3.05) is 0 Å². The van der Waals surface area contributed by atoms with Gasteiger partial charge in [-0.1, -0.05) is 49.4 Å². The third-order valence-corrected chi connectivity index (χ3v) is 4.10. The SMILES string of the molecule is CCc1cccc2c(C(=O)Cc3ccccc3C)c[nH]c12. The first-order valence-electron chi connectivity index (χ1n) is 7.37. The van der Waals surface area contributed by atoms with Crippen molar-refractivity contribution in [3.63, 3.8) is 0 Å². The summed E-state index contributed by atoms with van der Waals surface area (Å²) in [4.78, 5) is 15.9. The molecule has 0 radical (unpaired) electrons. The van der Waals surface area contributed by atoms with E-state index >= 15 is 0 Å². The van der Waals surface area contributed by atoms with Crippen LogP contribution in [-0.4, -0.2) is 10.8 Å². The van der Waals surface area contributed by atoms with Gasteiger partial charge < -0.3 is 4.98 Å². The lowest BCUT2D eigenvalue weighted by atomic mass is 9.98. The molecule has 1 N–H and O–H groups in total. The minimum absolute atomic E-state index is 0.170. The molecule has 0 unspecified atom stereocenters. The number of para-hydroxylation sites is 1. The highest BCUT2D eigenvalue weighted by Gasteiger charge is 2.14. The number of carbonyl (C=O) groups excluding carboxylic acids is 1. The van der Waals surface area contributed by atoms with Gasteiger partial charge in [0.25, 0.3) is 0 Å². The van der Waals surface area contributed by atoms with Crippen molar-refractivity contribution in [2.45, 2.75) is 26.7 Å². The van der Waals surface area contributed by atoms with Crippen LogP contribution in [-0.2, 0) is 12.8 Å². The fourth-order valence-corrected chi connectivity index (χ4v) is 2.82. The maximum Gasteiger partial charge on any atom is 0.169 e. The predicted molar refractivity (Wildman–Crippen MR) is 86.9 cm³/mol. The average molecular weight is 277 g/mol. The van der Waals surface area contributed by atoms with Gasteiger partial charge in [0, 0.05) is 29.1 Å². The van der Waals surface area contributed by atoms with Crippen LogP contribution < -0.4 is 0 Å². The van der Waals surface area contributed by atoms with Gasteiger partial charge in [-0.2, -0.15) is 0 Å². The van der Waals surface area contributed by atoms with Gasteiger partial charge in [-0.05, 0) is 30.0 Å². The molecule has 0 aliphatic carbocycles. The molecule has 1 heterocycles. The zero-order chi connectivity index (χ0) is 14.8. The van der Waals surface area contributed by atoms with Gasteiger partial charge in [-0.15, -0.1) is 0 Å². The number of aryl methyl sites for hydroxylation is 2. The van der Waals surface area contributed by atoms with Gasteiger partial charge in [-0.3, -0.25) is 4.79 Å². The van der Waals surface area contributed by atoms with E-state index in [1.54, 1.807) is 0 Å². The number of carbonyl (C=O) groups is 1. The van der Waals surface area contributed by atoms with Crippen LogP contribution in [0.2, 0.25) is 0 Å². The Labute approximate surface area is 124 Å². The van der Waals surface area contributed by atoms with Crippen LogP contribution >= 0.6 is 0 Å². The van der Waals surface area contributed by atoms with Gasteiger partial charge in [0.15, 0.2) is 5.78 Å². The number of hydrogen-bond donors (Lipinski definition) is 1. The third kappa shape index (κ3) is 2.49. The molecule has 0 fully saturated rings. The fourth-order valence-electron chi connectivity index (χ4n) is 2.82. The molecular weight excluding hydrogens is 258 g/mol. The Morgan fingerprint density at radius 2 is 1.81 bits per heavy atom. The summed E-state index contributed by atoms with van der Waals surface area (Å²) < 4.78 is 0. The van der Waals surface area contributed by atoms with E-state index in [0.29, 0.717) is 6.42 Å². The van der Waals surface area contributed by atoms with E-state index < -0.39 is 0 Å². The number of benzene rings is 2. The van der Waals surface area contributed by atoms with Crippen molar-refractivity contribution < 1.29 is 4.79 Å². The number of fused-ring (bicyclic) bond motifs is 1. The molecule has 0 spiro atoms. The standard InChI is InChI=1S/C19H19NO/c1-3-14-9-6-10-16-17(12-20-19(14)16)18(21)11-15-8-5-4-7-13(15)2/h4-10,12,20H,3,11H2,1-2H3. The number of nitrogens with one attached hydrogen (secondary N) is 1. The second-order valence-corrected chi connectivity index (χ2v) is 5.42. The first-order valence-corrected chi connectivity index (χ1v) is 7.37. The zero-order valence-electron chi connectivity index (χ0n) is 12.4. The van der Waals surface area contributed by atoms with E-state index in [9.17, 15) is 4.79 Å². The quantitative estimate of drug-likeness (QED) is 0.701. The lowest BCUT2D eigenvalue weighted by Gasteiger charge is -2.04. The molecule has 3 aromatic rings. The maximum absolute atomic E-state index is 12.6. The Morgan fingerprint density at radius 1 is 1.05 bits per heavy atom. The molecule has 0 bridgehead atoms. The van der Waals surface area contributed by atoms with E-state index in [-0.39, 0.29) is 5.78 Å². The molecule has 0 saturated heterocycles. The largest absolute Gasteiger partial charge is 0.360 e. The number of H-pyrrole nitrogens is 1. The molecule has 2 heteroatoms. The van der Waals surface area contributed by atoms with Crippen LogP contribution in [0.5, 0.6) is 0 Å². The summed E-state index contributed by atoms with van der Waals surface area (Å²) in [6.45, 7) is 4.18. The van der Waals surface area contributed by atoms with Crippen LogP contribution in [0.1, 0.15) is 34.0 Å². The lowest BCUT2D eigenvalue weighted by Crippen LogP contribution is -2.04. The highest BCUT2D eigenvalue weighted by Crippen LogP contribution is 2.23. The number of rotatable bonds is 4. The minimum atomic E-state index is 0.170. The molecule has 0 aliphatic heterocycles. The predicted octanol–water partition coefficient (Wildman–Crippen LogP) is 4.46. The average Bonchev–Trinajstić information content (AvgIpc) is 2.93. The number of Topliss-reactive ketones (excluding diaryl/α,β-unsaturated/α-hetero) is 1. The van der Waals surface area contributed by atoms with E-state index in [1.807, 2.05) is 49.5 Å². The van der Waals surface area contributed by atoms with Crippen molar-refractivity contribution in [2.24, 2.45) is 0 Å². The molecule has 2 nitrogen and oxygen atoms in total. The topological polar surface area (TPSA) is 32.9 Å². The Bertz CT molecular complexity index is 798. The molecule has 0 atom stereocenters. The van der Waals surface area contributed by atoms with Gasteiger partial charge in [0.1, 0.15) is 0 Å². The minimum Gasteiger partial charge on any atom is -0.360 e. The summed E-state index contributed by atoms with van der Waals surface area (Å²) in [6, 6.07) is 14.2. The van der Waals surface area contributed by atoms with Gasteiger partial charge in [-0.25, -0.2) is 0 Å². The van der Waals surface area contributed by atoms with Gasteiger partial charge in [0.2, 0.25) is 0 Å². The Balaban J connectivity index is 1.97. The summed E-state index contributed by atoms with van der Waals surface area (Å²) in [5.41, 5.74) is 5.41. The molecule has 0 amide bonds. The molecule has 0 saturated carbocycles. The van der Waals surface area contributed by atoms with Crippen molar-refractivity contribution >= 4 is 16.7 Å². The summed E-state index contributed by atoms with van der Waals surface area (Å²) in [5.74, 6) is 0.170. The number of aromatic amines is 1. The van der Waals surface area contributed by atoms with Crippen molar-refractivity contribution in [3.05, 3.63) is 70.9 Å². The normalized spacial score (nSPS) is 11.0. The highest BCUT2D eigenvalue weighted by atomic mass is 16.1. The first kappa shape index (κ1) is 13.6. The van der Waals surface area contributed by atoms with Crippen LogP contribution in [0.3, 0.4) is 0 Å². The molecule has 21 heavy (non-hydrogen) atoms. The Morgan fingerprint density at radius 3 is 2.57 bits per heavy atom. The summed E-state index contributed by atoms with van der Waals surface area (Å²) in [5, 5.41) is 1.04. The van der Waals surface area contributed by atoms with Crippen molar-refractivity contribution in [1.82, 2.24) is 4.98 Å². The molecule has 2 aromatic carbocycles. The van der Waals surface area contributed by atoms with Crippen LogP contribution in [0.25, 0.3) is 10.9 Å². The monoisotopic (exact) mass is 277 g/mol. The van der Waals surface area contributed by atoms with Crippen molar-refractivity contribution in [1.29, 1.82) is 0 Å². The molecule has 3 rings (SSSR count). The van der Waals surface area contributed by atoms with Crippen LogP contribution in [0.4, 0.5) is 0 Å². The molecule has 1 aromatic heterocycles. The maximum atomic E-state index is 12.6. The molecule has 106 valence electrons. The van der Waals surface area contributed by atoms with Crippen molar-refractivity contribution in [3.8, 4) is 0 Å². The number of ketones is 1. The van der Waals surface area contributed by atoms with Gasteiger partial charge >= 0.3 is 0 Å². The first-order chi connectivity index (χ1) is 10.2. The lowest BCUT2D eigenvalue weighted by molar-refractivity contribution is 0.0994. The Hall–Kier alpha value is -2.35. The third-order valence-electron chi connectivity index (χ3n) is 4.10. The smallest absolute Gasteiger partial charge is 0.169 e. The van der Waals surface area contributed by atoms with E-state index in [4.69, 9.17) is 0 Å². The van der Waals surface area contributed by atoms with Gasteiger partial charge in [0.05, 0.1) is 0 Å². The van der Waals surface area contributed by atoms with E-state index in [1.165, 1.54) is 11.1 Å². The second kappa shape index (κ2) is 5.57. The molecular formula is C19H19NO. The molecule has 0 aliphatic rings. The fraction of sp³-hybridized carbons (Fsp3) is 0.211. The van der Waals surface area contributed by atoms with E-state index in [0.717, 1.165) is 28.5 Å². The zero-order valence-corrected chi connectivity index (χ0v) is 12.4. The van der Waals surface area contributed by atoms with Crippen LogP contribution in [0.15, 0.2) is 48.7 Å². The number of aromatic nitrogens is 1. The summed E-state index contributed by atoms with van der Waals surface area (Å²) >= 11 is 0. The summed E-state index contributed by atoms with van der Waals surface area (Å²) in [6.07, 6.45) is 3.27. The Kier molecular flexibility index (Phi) is 3.61. The highest BCUT2D eigenvalue weighted by molar-refractivity contribution is 6.09. The van der Waals surface area contributed by atoms with E-state index in [2.05, 4.69) is 18.0 Å².